The Morgan fingerprint density at radius 1 is 1.12 bits per heavy atom. The molecule has 0 fully saturated rings. The molecule has 0 radical (unpaired) electrons. The highest BCUT2D eigenvalue weighted by molar-refractivity contribution is 5.76. The molecule has 0 atom stereocenters. The molecule has 0 spiro atoms. The van der Waals surface area contributed by atoms with E-state index >= 15 is 0 Å². The lowest BCUT2D eigenvalue weighted by atomic mass is 10.1. The van der Waals surface area contributed by atoms with Crippen molar-refractivity contribution in [3.8, 4) is 0 Å². The van der Waals surface area contributed by atoms with Crippen LogP contribution in [0.25, 0.3) is 17.9 Å². The highest BCUT2D eigenvalue weighted by Crippen LogP contribution is 2.21. The Kier molecular flexibility index (Phi) is 3.58. The molecule has 2 heterocycles. The minimum Gasteiger partial charge on any atom is -0.277 e. The Labute approximate surface area is 132 Å². The van der Waals surface area contributed by atoms with Gasteiger partial charge in [0.1, 0.15) is 6.33 Å². The predicted octanol–water partition coefficient (Wildman–Crippen LogP) is 1.40. The molecule has 0 saturated heterocycles. The minimum absolute atomic E-state index is 0.0483. The van der Waals surface area contributed by atoms with Gasteiger partial charge >= 0.3 is 11.2 Å². The summed E-state index contributed by atoms with van der Waals surface area (Å²) in [5, 5.41) is 24.6. The van der Waals surface area contributed by atoms with Gasteiger partial charge in [0.2, 0.25) is 0 Å². The summed E-state index contributed by atoms with van der Waals surface area (Å²) < 4.78 is 0.834. The molecule has 0 amide bonds. The van der Waals surface area contributed by atoms with E-state index in [1.165, 1.54) is 36.7 Å². The number of aromatic amines is 1. The van der Waals surface area contributed by atoms with Crippen LogP contribution >= 0.6 is 0 Å². The van der Waals surface area contributed by atoms with E-state index in [-0.39, 0.29) is 22.7 Å². The third-order valence-electron chi connectivity index (χ3n) is 3.17. The van der Waals surface area contributed by atoms with E-state index in [1.807, 2.05) is 0 Å². The third-order valence-corrected chi connectivity index (χ3v) is 3.17. The van der Waals surface area contributed by atoms with E-state index in [0.29, 0.717) is 0 Å². The molecule has 120 valence electrons. The molecule has 24 heavy (non-hydrogen) atoms. The number of rotatable bonds is 4. The number of nitrogens with one attached hydrogen (secondary N) is 1. The van der Waals surface area contributed by atoms with Gasteiger partial charge in [-0.25, -0.2) is 9.97 Å². The van der Waals surface area contributed by atoms with Gasteiger partial charge in [0, 0.05) is 6.07 Å². The number of hydrogen-bond acceptors (Lipinski definition) is 7. The number of nitrogens with zero attached hydrogens (tertiary/aromatic N) is 5. The number of benzene rings is 1. The van der Waals surface area contributed by atoms with E-state index in [1.54, 1.807) is 6.07 Å². The van der Waals surface area contributed by atoms with Gasteiger partial charge in [0.15, 0.2) is 5.69 Å². The molecular weight excluding hydrogens is 320 g/mol. The molecule has 3 aromatic rings. The standard InChI is InChI=1S/C13H8N6O5/c20-12-11(19(23)24)9(16-13-14-7-15-17(12)13)6-5-8-3-1-2-4-10(8)18(21)22/h1-7H,(H,14,15,16). The first kappa shape index (κ1) is 15.0. The molecule has 0 bridgehead atoms. The van der Waals surface area contributed by atoms with Gasteiger partial charge in [-0.1, -0.05) is 12.1 Å². The molecular formula is C13H8N6O5. The summed E-state index contributed by atoms with van der Waals surface area (Å²) in [6.07, 6.45) is 3.63. The second kappa shape index (κ2) is 5.72. The number of aromatic nitrogens is 4. The van der Waals surface area contributed by atoms with Crippen LogP contribution in [0.1, 0.15) is 11.3 Å². The van der Waals surface area contributed by atoms with Crippen LogP contribution in [0.4, 0.5) is 11.4 Å². The van der Waals surface area contributed by atoms with E-state index in [4.69, 9.17) is 0 Å². The van der Waals surface area contributed by atoms with E-state index in [2.05, 4.69) is 15.1 Å². The molecule has 2 aromatic heterocycles. The van der Waals surface area contributed by atoms with Crippen molar-refractivity contribution >= 4 is 29.3 Å². The largest absolute Gasteiger partial charge is 0.361 e. The third kappa shape index (κ3) is 2.49. The van der Waals surface area contributed by atoms with Crippen molar-refractivity contribution in [2.45, 2.75) is 0 Å². The predicted molar refractivity (Wildman–Crippen MR) is 82.3 cm³/mol. The summed E-state index contributed by atoms with van der Waals surface area (Å²) in [5.74, 6) is -0.0483. The van der Waals surface area contributed by atoms with Gasteiger partial charge in [0.05, 0.1) is 15.4 Å². The van der Waals surface area contributed by atoms with Crippen molar-refractivity contribution in [3.05, 3.63) is 72.4 Å². The van der Waals surface area contributed by atoms with Crippen LogP contribution in [0.3, 0.4) is 0 Å². The highest BCUT2D eigenvalue weighted by atomic mass is 16.6. The summed E-state index contributed by atoms with van der Waals surface area (Å²) in [6, 6.07) is 5.85. The van der Waals surface area contributed by atoms with E-state index < -0.39 is 21.1 Å². The fourth-order valence-corrected chi connectivity index (χ4v) is 2.12. The lowest BCUT2D eigenvalue weighted by molar-refractivity contribution is -0.386. The molecule has 0 saturated carbocycles. The Balaban J connectivity index is 2.17. The normalized spacial score (nSPS) is 11.2. The quantitative estimate of drug-likeness (QED) is 0.561. The Morgan fingerprint density at radius 3 is 2.58 bits per heavy atom. The van der Waals surface area contributed by atoms with Gasteiger partial charge in [-0.05, 0) is 18.2 Å². The Hall–Kier alpha value is -3.89. The van der Waals surface area contributed by atoms with Gasteiger partial charge < -0.3 is 0 Å². The number of fused-ring (bicyclic) bond motifs is 1. The summed E-state index contributed by atoms with van der Waals surface area (Å²) in [4.78, 5) is 40.5. The second-order valence-corrected chi connectivity index (χ2v) is 4.58. The van der Waals surface area contributed by atoms with Crippen molar-refractivity contribution < 1.29 is 9.85 Å². The fourth-order valence-electron chi connectivity index (χ4n) is 2.12. The van der Waals surface area contributed by atoms with Gasteiger partial charge in [0.25, 0.3) is 11.5 Å². The molecule has 0 aliphatic heterocycles. The molecule has 11 heteroatoms. The maximum Gasteiger partial charge on any atom is 0.361 e. The van der Waals surface area contributed by atoms with Crippen molar-refractivity contribution in [3.63, 3.8) is 0 Å². The maximum absolute atomic E-state index is 12.1. The zero-order chi connectivity index (χ0) is 17.3. The molecule has 0 unspecified atom stereocenters. The SMILES string of the molecule is O=c1c([N+](=O)[O-])c(C=Cc2ccccc2[N+](=O)[O-])nc2nc[nH]n12. The molecule has 0 aliphatic carbocycles. The molecule has 1 aromatic carbocycles. The van der Waals surface area contributed by atoms with Crippen LogP contribution in [0.15, 0.2) is 35.4 Å². The topological polar surface area (TPSA) is 149 Å². The lowest BCUT2D eigenvalue weighted by Crippen LogP contribution is -2.20. The lowest BCUT2D eigenvalue weighted by Gasteiger charge is -1.99. The summed E-state index contributed by atoms with van der Waals surface area (Å²) >= 11 is 0. The average Bonchev–Trinajstić information content (AvgIpc) is 3.01. The van der Waals surface area contributed by atoms with Crippen LogP contribution in [-0.4, -0.2) is 29.4 Å². The first-order valence-corrected chi connectivity index (χ1v) is 6.51. The minimum atomic E-state index is -0.926. The molecule has 0 aliphatic rings. The zero-order valence-electron chi connectivity index (χ0n) is 11.8. The highest BCUT2D eigenvalue weighted by Gasteiger charge is 2.23. The molecule has 3 rings (SSSR count). The number of para-hydroxylation sites is 1. The van der Waals surface area contributed by atoms with Crippen molar-refractivity contribution in [2.75, 3.05) is 0 Å². The zero-order valence-corrected chi connectivity index (χ0v) is 11.8. The fraction of sp³-hybridized carbons (Fsp3) is 0. The second-order valence-electron chi connectivity index (χ2n) is 4.58. The van der Waals surface area contributed by atoms with Crippen molar-refractivity contribution in [2.24, 2.45) is 0 Å². The Bertz CT molecular complexity index is 1050. The van der Waals surface area contributed by atoms with Crippen molar-refractivity contribution in [1.82, 2.24) is 19.6 Å². The van der Waals surface area contributed by atoms with Gasteiger partial charge in [-0.2, -0.15) is 4.52 Å². The number of H-pyrrole nitrogens is 1. The van der Waals surface area contributed by atoms with Gasteiger partial charge in [-0.15, -0.1) is 0 Å². The van der Waals surface area contributed by atoms with Gasteiger partial charge in [-0.3, -0.25) is 30.1 Å². The van der Waals surface area contributed by atoms with Crippen LogP contribution in [-0.2, 0) is 0 Å². The van der Waals surface area contributed by atoms with Crippen molar-refractivity contribution in [1.29, 1.82) is 0 Å². The number of hydrogen-bond donors (Lipinski definition) is 1. The number of nitro benzene ring substituents is 1. The van der Waals surface area contributed by atoms with E-state index in [9.17, 15) is 25.0 Å². The molecule has 1 N–H and O–H groups in total. The number of nitro groups is 2. The summed E-state index contributed by atoms with van der Waals surface area (Å²) in [6.45, 7) is 0. The maximum atomic E-state index is 12.1. The summed E-state index contributed by atoms with van der Waals surface area (Å²) in [5.41, 5.74) is -1.87. The van der Waals surface area contributed by atoms with Crippen LogP contribution in [0, 0.1) is 20.2 Å². The first-order chi connectivity index (χ1) is 11.5. The van der Waals surface area contributed by atoms with E-state index in [0.717, 1.165) is 4.52 Å². The first-order valence-electron chi connectivity index (χ1n) is 6.51. The van der Waals surface area contributed by atoms with Crippen LogP contribution in [0.5, 0.6) is 0 Å². The molecule has 11 nitrogen and oxygen atoms in total. The smallest absolute Gasteiger partial charge is 0.277 e. The monoisotopic (exact) mass is 328 g/mol. The van der Waals surface area contributed by atoms with Crippen LogP contribution < -0.4 is 5.56 Å². The average molecular weight is 328 g/mol. The summed E-state index contributed by atoms with van der Waals surface area (Å²) in [7, 11) is 0. The van der Waals surface area contributed by atoms with Crippen LogP contribution in [0.2, 0.25) is 0 Å². The Morgan fingerprint density at radius 2 is 1.88 bits per heavy atom.